The van der Waals surface area contributed by atoms with E-state index in [9.17, 15) is 22.8 Å². The summed E-state index contributed by atoms with van der Waals surface area (Å²) in [5.74, 6) is 0.401. The Bertz CT molecular complexity index is 1210. The summed E-state index contributed by atoms with van der Waals surface area (Å²) < 4.78 is 43.6. The van der Waals surface area contributed by atoms with Gasteiger partial charge in [0.15, 0.2) is 11.6 Å². The molecule has 0 aliphatic carbocycles. The van der Waals surface area contributed by atoms with Crippen molar-refractivity contribution in [2.75, 3.05) is 24.3 Å². The molecular formula is C26H27F3N4O3. The number of benzene rings is 2. The van der Waals surface area contributed by atoms with Crippen LogP contribution in [0.2, 0.25) is 0 Å². The average Bonchev–Trinajstić information content (AvgIpc) is 2.80. The Kier molecular flexibility index (Phi) is 7.96. The fourth-order valence-corrected chi connectivity index (χ4v) is 3.42. The first-order valence-electron chi connectivity index (χ1n) is 11.2. The molecule has 0 radical (unpaired) electrons. The SMILES string of the molecule is CC(=O)Oc1c(C(C)C)nc(Cc2ccc(NC(=O)c3ccc(C(F)(F)F)cc3)cc2)nc1N(C)C. The van der Waals surface area contributed by atoms with Crippen LogP contribution in [0.15, 0.2) is 48.5 Å². The van der Waals surface area contributed by atoms with E-state index in [1.807, 2.05) is 13.8 Å². The number of carbonyl (C=O) groups excluding carboxylic acids is 2. The van der Waals surface area contributed by atoms with Gasteiger partial charge in [0.2, 0.25) is 0 Å². The summed E-state index contributed by atoms with van der Waals surface area (Å²) >= 11 is 0. The highest BCUT2D eigenvalue weighted by Crippen LogP contribution is 2.33. The topological polar surface area (TPSA) is 84.4 Å². The van der Waals surface area contributed by atoms with Crippen LogP contribution in [0.25, 0.3) is 0 Å². The van der Waals surface area contributed by atoms with E-state index in [2.05, 4.69) is 15.3 Å². The van der Waals surface area contributed by atoms with Gasteiger partial charge in [0, 0.05) is 38.7 Å². The molecule has 2 aromatic carbocycles. The lowest BCUT2D eigenvalue weighted by atomic mass is 10.1. The van der Waals surface area contributed by atoms with Crippen LogP contribution in [-0.2, 0) is 17.4 Å². The summed E-state index contributed by atoms with van der Waals surface area (Å²) in [6, 6.07) is 11.0. The number of anilines is 2. The van der Waals surface area contributed by atoms with E-state index in [1.165, 1.54) is 6.92 Å². The Hall–Kier alpha value is -3.95. The summed E-state index contributed by atoms with van der Waals surface area (Å²) in [5, 5.41) is 2.67. The normalized spacial score (nSPS) is 11.4. The molecule has 0 saturated carbocycles. The molecule has 190 valence electrons. The van der Waals surface area contributed by atoms with Crippen LogP contribution >= 0.6 is 0 Å². The molecule has 0 bridgehead atoms. The second kappa shape index (κ2) is 10.8. The minimum atomic E-state index is -4.46. The van der Waals surface area contributed by atoms with E-state index in [0.29, 0.717) is 35.2 Å². The number of nitrogens with one attached hydrogen (secondary N) is 1. The quantitative estimate of drug-likeness (QED) is 0.434. The molecule has 0 atom stereocenters. The fraction of sp³-hybridized carbons (Fsp3) is 0.308. The maximum Gasteiger partial charge on any atom is 0.416 e. The maximum absolute atomic E-state index is 12.7. The van der Waals surface area contributed by atoms with E-state index < -0.39 is 23.6 Å². The van der Waals surface area contributed by atoms with Gasteiger partial charge in [-0.1, -0.05) is 26.0 Å². The minimum Gasteiger partial charge on any atom is -0.421 e. The number of halogens is 3. The van der Waals surface area contributed by atoms with Crippen molar-refractivity contribution in [2.45, 2.75) is 39.3 Å². The Labute approximate surface area is 207 Å². The van der Waals surface area contributed by atoms with Crippen molar-refractivity contribution < 1.29 is 27.5 Å². The van der Waals surface area contributed by atoms with Crippen molar-refractivity contribution >= 4 is 23.4 Å². The van der Waals surface area contributed by atoms with Crippen LogP contribution in [-0.4, -0.2) is 35.9 Å². The number of alkyl halides is 3. The Morgan fingerprint density at radius 3 is 2.11 bits per heavy atom. The number of esters is 1. The number of ether oxygens (including phenoxy) is 1. The molecule has 3 aromatic rings. The van der Waals surface area contributed by atoms with Gasteiger partial charge in [-0.15, -0.1) is 0 Å². The van der Waals surface area contributed by atoms with Crippen LogP contribution in [0.1, 0.15) is 59.7 Å². The first kappa shape index (κ1) is 26.7. The molecule has 0 spiro atoms. The summed E-state index contributed by atoms with van der Waals surface area (Å²) in [6.45, 7) is 5.23. The molecule has 36 heavy (non-hydrogen) atoms. The summed E-state index contributed by atoms with van der Waals surface area (Å²) in [4.78, 5) is 35.0. The van der Waals surface area contributed by atoms with E-state index in [4.69, 9.17) is 4.74 Å². The number of nitrogens with zero attached hydrogens (tertiary/aromatic N) is 3. The number of hydrogen-bond donors (Lipinski definition) is 1. The van der Waals surface area contributed by atoms with Crippen LogP contribution in [0.3, 0.4) is 0 Å². The van der Waals surface area contributed by atoms with Crippen LogP contribution in [0, 0.1) is 0 Å². The molecule has 1 N–H and O–H groups in total. The van der Waals surface area contributed by atoms with Gasteiger partial charge in [-0.2, -0.15) is 13.2 Å². The van der Waals surface area contributed by atoms with E-state index >= 15 is 0 Å². The molecule has 1 amide bonds. The fourth-order valence-electron chi connectivity index (χ4n) is 3.42. The molecule has 0 aliphatic rings. The second-order valence-corrected chi connectivity index (χ2v) is 8.72. The van der Waals surface area contributed by atoms with Crippen molar-refractivity contribution in [3.63, 3.8) is 0 Å². The standard InChI is InChI=1S/C26H27F3N4O3/c1-15(2)22-23(36-16(3)34)24(33(4)5)32-21(31-22)14-17-6-12-20(13-7-17)30-25(35)18-8-10-19(11-9-18)26(27,28)29/h6-13,15H,14H2,1-5H3,(H,30,35). The Balaban J connectivity index is 1.77. The molecular weight excluding hydrogens is 473 g/mol. The van der Waals surface area contributed by atoms with E-state index in [0.717, 1.165) is 29.8 Å². The van der Waals surface area contributed by atoms with Gasteiger partial charge in [-0.25, -0.2) is 9.97 Å². The van der Waals surface area contributed by atoms with Crippen LogP contribution in [0.5, 0.6) is 5.75 Å². The molecule has 3 rings (SSSR count). The number of carbonyl (C=O) groups is 2. The van der Waals surface area contributed by atoms with Gasteiger partial charge >= 0.3 is 12.1 Å². The smallest absolute Gasteiger partial charge is 0.416 e. The van der Waals surface area contributed by atoms with Gasteiger partial charge in [0.25, 0.3) is 5.91 Å². The lowest BCUT2D eigenvalue weighted by Gasteiger charge is -2.20. The number of rotatable bonds is 7. The molecule has 0 unspecified atom stereocenters. The van der Waals surface area contributed by atoms with E-state index in [1.54, 1.807) is 43.3 Å². The first-order chi connectivity index (χ1) is 16.8. The highest BCUT2D eigenvalue weighted by molar-refractivity contribution is 6.04. The van der Waals surface area contributed by atoms with Gasteiger partial charge in [0.1, 0.15) is 5.82 Å². The van der Waals surface area contributed by atoms with Crippen molar-refractivity contribution in [2.24, 2.45) is 0 Å². The van der Waals surface area contributed by atoms with Crippen molar-refractivity contribution in [1.29, 1.82) is 0 Å². The summed E-state index contributed by atoms with van der Waals surface area (Å²) in [6.07, 6.45) is -4.06. The van der Waals surface area contributed by atoms with Crippen LogP contribution < -0.4 is 15.0 Å². The lowest BCUT2D eigenvalue weighted by molar-refractivity contribution is -0.137. The first-order valence-corrected chi connectivity index (χ1v) is 11.2. The Morgan fingerprint density at radius 1 is 1.00 bits per heavy atom. The lowest BCUT2D eigenvalue weighted by Crippen LogP contribution is -2.18. The van der Waals surface area contributed by atoms with Crippen LogP contribution in [0.4, 0.5) is 24.7 Å². The highest BCUT2D eigenvalue weighted by atomic mass is 19.4. The van der Waals surface area contributed by atoms with Gasteiger partial charge in [-0.05, 0) is 47.9 Å². The van der Waals surface area contributed by atoms with Crippen molar-refractivity contribution in [3.05, 3.63) is 76.7 Å². The zero-order valence-electron chi connectivity index (χ0n) is 20.6. The van der Waals surface area contributed by atoms with Gasteiger partial charge in [-0.3, -0.25) is 9.59 Å². The average molecular weight is 501 g/mol. The monoisotopic (exact) mass is 500 g/mol. The molecule has 1 aromatic heterocycles. The number of amides is 1. The molecule has 0 aliphatic heterocycles. The third-order valence-electron chi connectivity index (χ3n) is 5.18. The second-order valence-electron chi connectivity index (χ2n) is 8.72. The predicted molar refractivity (Wildman–Crippen MR) is 130 cm³/mol. The molecule has 7 nitrogen and oxygen atoms in total. The van der Waals surface area contributed by atoms with Gasteiger partial charge < -0.3 is 15.0 Å². The maximum atomic E-state index is 12.7. The third-order valence-corrected chi connectivity index (χ3v) is 5.18. The molecule has 0 saturated heterocycles. The predicted octanol–water partition coefficient (Wildman–Crippen LogP) is 5.45. The summed E-state index contributed by atoms with van der Waals surface area (Å²) in [7, 11) is 3.61. The van der Waals surface area contributed by atoms with Gasteiger partial charge in [0.05, 0.1) is 11.3 Å². The third kappa shape index (κ3) is 6.59. The van der Waals surface area contributed by atoms with Crippen molar-refractivity contribution in [1.82, 2.24) is 9.97 Å². The zero-order valence-corrected chi connectivity index (χ0v) is 20.6. The molecule has 1 heterocycles. The van der Waals surface area contributed by atoms with E-state index in [-0.39, 0.29) is 11.5 Å². The highest BCUT2D eigenvalue weighted by Gasteiger charge is 2.30. The molecule has 10 heteroatoms. The largest absolute Gasteiger partial charge is 0.421 e. The number of aromatic nitrogens is 2. The van der Waals surface area contributed by atoms with Crippen molar-refractivity contribution in [3.8, 4) is 5.75 Å². The molecule has 0 fully saturated rings. The zero-order chi connectivity index (χ0) is 26.6. The minimum absolute atomic E-state index is 0.0115. The Morgan fingerprint density at radius 2 is 1.61 bits per heavy atom. The number of hydrogen-bond acceptors (Lipinski definition) is 6. The summed E-state index contributed by atoms with van der Waals surface area (Å²) in [5.41, 5.74) is 1.29.